The van der Waals surface area contributed by atoms with E-state index in [1.54, 1.807) is 54.7 Å². The molecule has 0 aliphatic carbocycles. The average molecular weight is 369 g/mol. The fourth-order valence-electron chi connectivity index (χ4n) is 3.14. The quantitative estimate of drug-likeness (QED) is 0.873. The van der Waals surface area contributed by atoms with Gasteiger partial charge in [-0.2, -0.15) is 0 Å². The van der Waals surface area contributed by atoms with Gasteiger partial charge in [-0.25, -0.2) is 0 Å². The first-order valence-electron chi connectivity index (χ1n) is 8.84. The molecule has 0 spiro atoms. The zero-order valence-corrected chi connectivity index (χ0v) is 15.5. The van der Waals surface area contributed by atoms with Gasteiger partial charge in [0.2, 0.25) is 0 Å². The van der Waals surface area contributed by atoms with Crippen LogP contribution in [0.5, 0.6) is 11.5 Å². The number of nitrogens with one attached hydrogen (secondary N) is 1. The first-order chi connectivity index (χ1) is 13.1. The number of carbonyl (C=O) groups is 2. The number of carbonyl (C=O) groups excluding carboxylic acids is 2. The number of piperidine rings is 1. The Hall–Kier alpha value is -3.09. The van der Waals surface area contributed by atoms with Crippen LogP contribution in [-0.2, 0) is 0 Å². The van der Waals surface area contributed by atoms with Crippen LogP contribution < -0.4 is 14.8 Å². The summed E-state index contributed by atoms with van der Waals surface area (Å²) in [6.07, 6.45) is 4.59. The van der Waals surface area contributed by atoms with Gasteiger partial charge in [0.15, 0.2) is 0 Å². The fraction of sp³-hybridized carbons (Fsp3) is 0.350. The molecule has 2 amide bonds. The second-order valence-electron chi connectivity index (χ2n) is 6.35. The summed E-state index contributed by atoms with van der Waals surface area (Å²) in [5.41, 5.74) is 1.05. The maximum atomic E-state index is 12.8. The number of hydrogen-bond acceptors (Lipinski definition) is 5. The molecule has 1 fully saturated rings. The molecule has 1 aromatic carbocycles. The van der Waals surface area contributed by atoms with E-state index < -0.39 is 0 Å². The summed E-state index contributed by atoms with van der Waals surface area (Å²) in [5.74, 6) is 0.919. The smallest absolute Gasteiger partial charge is 0.257 e. The SMILES string of the molecule is COc1ccc(C(=O)N2CCC(NC(=O)c3cccnc3)CC2)c(OC)c1. The Kier molecular flexibility index (Phi) is 5.90. The summed E-state index contributed by atoms with van der Waals surface area (Å²) in [4.78, 5) is 30.8. The second-order valence-corrected chi connectivity index (χ2v) is 6.35. The molecule has 142 valence electrons. The van der Waals surface area contributed by atoms with Gasteiger partial charge < -0.3 is 19.7 Å². The number of pyridine rings is 1. The van der Waals surface area contributed by atoms with Crippen molar-refractivity contribution in [2.45, 2.75) is 18.9 Å². The molecule has 3 rings (SSSR count). The Morgan fingerprint density at radius 2 is 1.93 bits per heavy atom. The monoisotopic (exact) mass is 369 g/mol. The van der Waals surface area contributed by atoms with Crippen molar-refractivity contribution >= 4 is 11.8 Å². The molecule has 27 heavy (non-hydrogen) atoms. The van der Waals surface area contributed by atoms with E-state index in [9.17, 15) is 9.59 Å². The molecule has 1 aromatic heterocycles. The lowest BCUT2D eigenvalue weighted by atomic mass is 10.0. The first-order valence-corrected chi connectivity index (χ1v) is 8.84. The zero-order chi connectivity index (χ0) is 19.2. The van der Waals surface area contributed by atoms with E-state index in [2.05, 4.69) is 10.3 Å². The highest BCUT2D eigenvalue weighted by molar-refractivity contribution is 5.97. The Balaban J connectivity index is 1.59. The summed E-state index contributed by atoms with van der Waals surface area (Å²) in [6.45, 7) is 1.15. The highest BCUT2D eigenvalue weighted by atomic mass is 16.5. The number of benzene rings is 1. The summed E-state index contributed by atoms with van der Waals surface area (Å²) in [6, 6.07) is 8.68. The minimum Gasteiger partial charge on any atom is -0.497 e. The van der Waals surface area contributed by atoms with E-state index in [-0.39, 0.29) is 17.9 Å². The maximum absolute atomic E-state index is 12.8. The molecular formula is C20H23N3O4. The highest BCUT2D eigenvalue weighted by Crippen LogP contribution is 2.26. The molecule has 2 heterocycles. The van der Waals surface area contributed by atoms with Gasteiger partial charge in [-0.15, -0.1) is 0 Å². The van der Waals surface area contributed by atoms with Crippen LogP contribution in [0.2, 0.25) is 0 Å². The number of nitrogens with zero attached hydrogens (tertiary/aromatic N) is 2. The molecule has 1 aliphatic heterocycles. The third kappa shape index (κ3) is 4.36. The molecule has 0 bridgehead atoms. The number of amides is 2. The van der Waals surface area contributed by atoms with Crippen molar-refractivity contribution < 1.29 is 19.1 Å². The minimum atomic E-state index is -0.135. The van der Waals surface area contributed by atoms with Crippen molar-refractivity contribution in [3.05, 3.63) is 53.9 Å². The Labute approximate surface area is 158 Å². The fourth-order valence-corrected chi connectivity index (χ4v) is 3.14. The van der Waals surface area contributed by atoms with E-state index in [0.29, 0.717) is 48.6 Å². The molecule has 1 aliphatic rings. The van der Waals surface area contributed by atoms with Crippen LogP contribution in [0.15, 0.2) is 42.7 Å². The van der Waals surface area contributed by atoms with Crippen LogP contribution in [0.25, 0.3) is 0 Å². The number of rotatable bonds is 5. The van der Waals surface area contributed by atoms with Crippen LogP contribution in [-0.4, -0.2) is 55.0 Å². The molecule has 2 aromatic rings. The van der Waals surface area contributed by atoms with E-state index in [1.807, 2.05) is 0 Å². The van der Waals surface area contributed by atoms with Gasteiger partial charge in [0.1, 0.15) is 11.5 Å². The summed E-state index contributed by atoms with van der Waals surface area (Å²) in [7, 11) is 3.10. The molecule has 0 atom stereocenters. The third-order valence-electron chi connectivity index (χ3n) is 4.68. The van der Waals surface area contributed by atoms with E-state index >= 15 is 0 Å². The van der Waals surface area contributed by atoms with Gasteiger partial charge >= 0.3 is 0 Å². The molecule has 0 saturated carbocycles. The van der Waals surface area contributed by atoms with Crippen molar-refractivity contribution in [2.24, 2.45) is 0 Å². The van der Waals surface area contributed by atoms with Crippen molar-refractivity contribution in [2.75, 3.05) is 27.3 Å². The largest absolute Gasteiger partial charge is 0.497 e. The van der Waals surface area contributed by atoms with Gasteiger partial charge in [-0.1, -0.05) is 0 Å². The Morgan fingerprint density at radius 1 is 1.15 bits per heavy atom. The predicted octanol–water partition coefficient (Wildman–Crippen LogP) is 2.13. The van der Waals surface area contributed by atoms with Crippen molar-refractivity contribution in [1.29, 1.82) is 0 Å². The van der Waals surface area contributed by atoms with Crippen LogP contribution in [0, 0.1) is 0 Å². The molecule has 0 unspecified atom stereocenters. The standard InChI is InChI=1S/C20H23N3O4/c1-26-16-5-6-17(18(12-16)27-2)20(25)23-10-7-15(8-11-23)22-19(24)14-4-3-9-21-13-14/h3-6,9,12-13,15H,7-8,10-11H2,1-2H3,(H,22,24). The lowest BCUT2D eigenvalue weighted by Gasteiger charge is -2.32. The summed E-state index contributed by atoms with van der Waals surface area (Å²) >= 11 is 0. The molecule has 0 radical (unpaired) electrons. The number of ether oxygens (including phenoxy) is 2. The summed E-state index contributed by atoms with van der Waals surface area (Å²) < 4.78 is 10.5. The second kappa shape index (κ2) is 8.53. The van der Waals surface area contributed by atoms with Crippen molar-refractivity contribution in [1.82, 2.24) is 15.2 Å². The van der Waals surface area contributed by atoms with Crippen LogP contribution in [0.3, 0.4) is 0 Å². The maximum Gasteiger partial charge on any atom is 0.257 e. The molecule has 1 saturated heterocycles. The van der Waals surface area contributed by atoms with Crippen molar-refractivity contribution in [3.63, 3.8) is 0 Å². The topological polar surface area (TPSA) is 80.8 Å². The number of aromatic nitrogens is 1. The van der Waals surface area contributed by atoms with Gasteiger partial charge in [0.25, 0.3) is 11.8 Å². The molecule has 7 nitrogen and oxygen atoms in total. The number of likely N-dealkylation sites (tertiary alicyclic amines) is 1. The predicted molar refractivity (Wildman–Crippen MR) is 100 cm³/mol. The van der Waals surface area contributed by atoms with Crippen molar-refractivity contribution in [3.8, 4) is 11.5 Å². The third-order valence-corrected chi connectivity index (χ3v) is 4.68. The Bertz CT molecular complexity index is 802. The average Bonchev–Trinajstić information content (AvgIpc) is 2.73. The van der Waals surface area contributed by atoms with Gasteiger partial charge in [0.05, 0.1) is 25.3 Å². The molecule has 1 N–H and O–H groups in total. The van der Waals surface area contributed by atoms with Gasteiger partial charge in [0, 0.05) is 37.6 Å². The zero-order valence-electron chi connectivity index (χ0n) is 15.5. The van der Waals surface area contributed by atoms with E-state index in [1.165, 1.54) is 7.11 Å². The van der Waals surface area contributed by atoms with Crippen LogP contribution >= 0.6 is 0 Å². The van der Waals surface area contributed by atoms with E-state index in [4.69, 9.17) is 9.47 Å². The molecule has 7 heteroatoms. The number of methoxy groups -OCH3 is 2. The van der Waals surface area contributed by atoms with Gasteiger partial charge in [-0.3, -0.25) is 14.6 Å². The number of hydrogen-bond donors (Lipinski definition) is 1. The Morgan fingerprint density at radius 3 is 2.56 bits per heavy atom. The minimum absolute atomic E-state index is 0.0412. The van der Waals surface area contributed by atoms with Gasteiger partial charge in [-0.05, 0) is 37.1 Å². The van der Waals surface area contributed by atoms with Crippen LogP contribution in [0.1, 0.15) is 33.6 Å². The molecular weight excluding hydrogens is 346 g/mol. The highest BCUT2D eigenvalue weighted by Gasteiger charge is 2.26. The van der Waals surface area contributed by atoms with Crippen LogP contribution in [0.4, 0.5) is 0 Å². The van der Waals surface area contributed by atoms with E-state index in [0.717, 1.165) is 0 Å². The first kappa shape index (κ1) is 18.7. The normalized spacial score (nSPS) is 14.5. The lowest BCUT2D eigenvalue weighted by molar-refractivity contribution is 0.0695. The lowest BCUT2D eigenvalue weighted by Crippen LogP contribution is -2.46. The summed E-state index contributed by atoms with van der Waals surface area (Å²) in [5, 5.41) is 3.01.